The summed E-state index contributed by atoms with van der Waals surface area (Å²) in [6, 6.07) is 8.55. The molecule has 2 aromatic carbocycles. The number of carbonyl (C=O) groups is 3. The Bertz CT molecular complexity index is 1180. The quantitative estimate of drug-likeness (QED) is 0.479. The molecule has 2 aliphatic rings. The Balaban J connectivity index is 1.52. The third-order valence-electron chi connectivity index (χ3n) is 7.11. The molecule has 37 heavy (non-hydrogen) atoms. The van der Waals surface area contributed by atoms with Crippen molar-refractivity contribution < 1.29 is 18.8 Å². The highest BCUT2D eigenvalue weighted by molar-refractivity contribution is 6.00. The van der Waals surface area contributed by atoms with E-state index in [1.807, 2.05) is 31.0 Å². The fourth-order valence-electron chi connectivity index (χ4n) is 5.04. The van der Waals surface area contributed by atoms with Gasteiger partial charge < -0.3 is 15.5 Å². The van der Waals surface area contributed by atoms with Crippen LogP contribution in [-0.2, 0) is 29.1 Å². The summed E-state index contributed by atoms with van der Waals surface area (Å²) in [5.41, 5.74) is 5.20. The second kappa shape index (κ2) is 11.8. The van der Waals surface area contributed by atoms with E-state index in [4.69, 9.17) is 0 Å². The van der Waals surface area contributed by atoms with Gasteiger partial charge in [-0.15, -0.1) is 0 Å². The number of benzene rings is 2. The SMILES string of the molecule is CCNCCNC(=O)CN(CC(=O)N(C)N1Cc2ccc(F)cc2C1)c1cc2c(cc1C)CCCC2=O. The molecule has 9 heteroatoms. The van der Waals surface area contributed by atoms with Crippen molar-refractivity contribution in [2.24, 2.45) is 0 Å². The van der Waals surface area contributed by atoms with Crippen LogP contribution in [0.25, 0.3) is 0 Å². The number of aryl methyl sites for hydroxylation is 2. The maximum atomic E-state index is 13.7. The van der Waals surface area contributed by atoms with Crippen molar-refractivity contribution in [1.29, 1.82) is 0 Å². The molecule has 0 unspecified atom stereocenters. The summed E-state index contributed by atoms with van der Waals surface area (Å²) < 4.78 is 13.7. The minimum absolute atomic E-state index is 0.00897. The summed E-state index contributed by atoms with van der Waals surface area (Å²) in [5, 5.41) is 9.49. The number of Topliss-reactive ketones (excluding diaryl/α,β-unsaturated/α-hetero) is 1. The molecule has 0 spiro atoms. The molecule has 0 atom stereocenters. The number of ketones is 1. The van der Waals surface area contributed by atoms with Gasteiger partial charge in [0.05, 0.1) is 13.1 Å². The van der Waals surface area contributed by atoms with E-state index >= 15 is 0 Å². The number of halogens is 1. The van der Waals surface area contributed by atoms with Crippen LogP contribution in [0.15, 0.2) is 30.3 Å². The number of rotatable bonds is 10. The van der Waals surface area contributed by atoms with Crippen LogP contribution in [0.4, 0.5) is 10.1 Å². The summed E-state index contributed by atoms with van der Waals surface area (Å²) in [4.78, 5) is 40.6. The number of carbonyl (C=O) groups excluding carboxylic acids is 3. The lowest BCUT2D eigenvalue weighted by Gasteiger charge is -2.32. The van der Waals surface area contributed by atoms with Gasteiger partial charge >= 0.3 is 0 Å². The third kappa shape index (κ3) is 6.34. The lowest BCUT2D eigenvalue weighted by Crippen LogP contribution is -2.48. The summed E-state index contributed by atoms with van der Waals surface area (Å²) in [6.45, 7) is 6.81. The number of hydrogen-bond acceptors (Lipinski definition) is 6. The molecule has 4 rings (SSSR count). The molecule has 1 aliphatic heterocycles. The fourth-order valence-corrected chi connectivity index (χ4v) is 5.04. The first kappa shape index (κ1) is 26.8. The van der Waals surface area contributed by atoms with E-state index in [1.54, 1.807) is 23.0 Å². The maximum Gasteiger partial charge on any atom is 0.256 e. The molecule has 0 radical (unpaired) electrons. The molecule has 198 valence electrons. The second-order valence-corrected chi connectivity index (χ2v) is 9.79. The Morgan fingerprint density at radius 2 is 1.81 bits per heavy atom. The van der Waals surface area contributed by atoms with Crippen LogP contribution >= 0.6 is 0 Å². The first-order chi connectivity index (χ1) is 17.8. The number of fused-ring (bicyclic) bond motifs is 2. The summed E-state index contributed by atoms with van der Waals surface area (Å²) in [6.07, 6.45) is 2.21. The van der Waals surface area contributed by atoms with E-state index in [-0.39, 0.29) is 36.5 Å². The van der Waals surface area contributed by atoms with Gasteiger partial charge in [-0.2, -0.15) is 0 Å². The number of nitrogens with zero attached hydrogens (tertiary/aromatic N) is 3. The molecule has 1 aliphatic carbocycles. The van der Waals surface area contributed by atoms with Crippen molar-refractivity contribution in [1.82, 2.24) is 20.7 Å². The van der Waals surface area contributed by atoms with E-state index in [0.29, 0.717) is 43.9 Å². The van der Waals surface area contributed by atoms with Gasteiger partial charge in [0.2, 0.25) is 5.91 Å². The second-order valence-electron chi connectivity index (χ2n) is 9.79. The molecule has 2 amide bonds. The molecule has 0 fully saturated rings. The van der Waals surface area contributed by atoms with Crippen molar-refractivity contribution in [3.05, 3.63) is 64.0 Å². The molecule has 8 nitrogen and oxygen atoms in total. The highest BCUT2D eigenvalue weighted by Crippen LogP contribution is 2.30. The Kier molecular flexibility index (Phi) is 8.56. The highest BCUT2D eigenvalue weighted by Gasteiger charge is 2.28. The summed E-state index contributed by atoms with van der Waals surface area (Å²) >= 11 is 0. The van der Waals surface area contributed by atoms with E-state index in [1.165, 1.54) is 12.1 Å². The van der Waals surface area contributed by atoms with Crippen LogP contribution in [-0.4, -0.2) is 67.4 Å². The van der Waals surface area contributed by atoms with Crippen LogP contribution in [0.1, 0.15) is 52.4 Å². The van der Waals surface area contributed by atoms with Gasteiger partial charge in [-0.3, -0.25) is 19.4 Å². The minimum Gasteiger partial charge on any atom is -0.353 e. The Morgan fingerprint density at radius 1 is 1.03 bits per heavy atom. The number of likely N-dealkylation sites (N-methyl/N-ethyl adjacent to an activating group) is 2. The first-order valence-corrected chi connectivity index (χ1v) is 12.9. The molecule has 0 bridgehead atoms. The van der Waals surface area contributed by atoms with Crippen molar-refractivity contribution >= 4 is 23.3 Å². The van der Waals surface area contributed by atoms with Crippen LogP contribution in [0.5, 0.6) is 0 Å². The Labute approximate surface area is 217 Å². The van der Waals surface area contributed by atoms with Crippen LogP contribution in [0.3, 0.4) is 0 Å². The molecule has 0 saturated carbocycles. The van der Waals surface area contributed by atoms with Gasteiger partial charge in [0.25, 0.3) is 5.91 Å². The highest BCUT2D eigenvalue weighted by atomic mass is 19.1. The predicted molar refractivity (Wildman–Crippen MR) is 141 cm³/mol. The predicted octanol–water partition coefficient (Wildman–Crippen LogP) is 2.57. The van der Waals surface area contributed by atoms with E-state index in [2.05, 4.69) is 10.6 Å². The fraction of sp³-hybridized carbons (Fsp3) is 0.464. The van der Waals surface area contributed by atoms with Gasteiger partial charge in [0.15, 0.2) is 5.78 Å². The zero-order chi connectivity index (χ0) is 26.5. The number of nitrogens with one attached hydrogen (secondary N) is 2. The molecule has 2 N–H and O–H groups in total. The summed E-state index contributed by atoms with van der Waals surface area (Å²) in [5.74, 6) is -0.584. The number of hydrazine groups is 1. The largest absolute Gasteiger partial charge is 0.353 e. The average Bonchev–Trinajstić information content (AvgIpc) is 3.29. The van der Waals surface area contributed by atoms with E-state index < -0.39 is 0 Å². The average molecular weight is 510 g/mol. The van der Waals surface area contributed by atoms with Crippen LogP contribution in [0.2, 0.25) is 0 Å². The van der Waals surface area contributed by atoms with Crippen molar-refractivity contribution in [2.45, 2.75) is 46.2 Å². The zero-order valence-electron chi connectivity index (χ0n) is 21.9. The molecule has 0 saturated heterocycles. The normalized spacial score (nSPS) is 14.8. The van der Waals surface area contributed by atoms with Crippen molar-refractivity contribution in [2.75, 3.05) is 44.7 Å². The zero-order valence-corrected chi connectivity index (χ0v) is 21.9. The molecule has 1 heterocycles. The first-order valence-electron chi connectivity index (χ1n) is 12.9. The molecular weight excluding hydrogens is 473 g/mol. The maximum absolute atomic E-state index is 13.7. The molecular formula is C28H36FN5O3. The van der Waals surface area contributed by atoms with Gasteiger partial charge in [-0.05, 0) is 66.8 Å². The van der Waals surface area contributed by atoms with Crippen LogP contribution in [0, 0.1) is 12.7 Å². The minimum atomic E-state index is -0.293. The molecule has 2 aromatic rings. The Morgan fingerprint density at radius 3 is 2.59 bits per heavy atom. The Hall–Kier alpha value is -3.30. The number of anilines is 1. The third-order valence-corrected chi connectivity index (χ3v) is 7.11. The number of hydrogen-bond donors (Lipinski definition) is 2. The van der Waals surface area contributed by atoms with E-state index in [9.17, 15) is 18.8 Å². The van der Waals surface area contributed by atoms with E-state index in [0.717, 1.165) is 41.6 Å². The smallest absolute Gasteiger partial charge is 0.256 e. The lowest BCUT2D eigenvalue weighted by molar-refractivity contribution is -0.145. The monoisotopic (exact) mass is 509 g/mol. The van der Waals surface area contributed by atoms with Gasteiger partial charge in [0, 0.05) is 50.9 Å². The number of amides is 2. The topological polar surface area (TPSA) is 85.0 Å². The van der Waals surface area contributed by atoms with Gasteiger partial charge in [0.1, 0.15) is 5.82 Å². The molecule has 0 aromatic heterocycles. The van der Waals surface area contributed by atoms with Crippen molar-refractivity contribution in [3.63, 3.8) is 0 Å². The van der Waals surface area contributed by atoms with Crippen molar-refractivity contribution in [3.8, 4) is 0 Å². The van der Waals surface area contributed by atoms with Gasteiger partial charge in [-0.25, -0.2) is 9.40 Å². The summed E-state index contributed by atoms with van der Waals surface area (Å²) in [7, 11) is 1.70. The lowest BCUT2D eigenvalue weighted by atomic mass is 9.88. The van der Waals surface area contributed by atoms with Crippen LogP contribution < -0.4 is 15.5 Å². The van der Waals surface area contributed by atoms with Gasteiger partial charge in [-0.1, -0.05) is 19.1 Å². The standard InChI is InChI=1S/C28H36FN5O3/c1-4-30-10-11-31-27(36)17-33(25-14-24-20(12-19(25)2)6-5-7-26(24)35)18-28(37)32(3)34-15-21-8-9-23(29)13-22(21)16-34/h8-9,12-14,30H,4-7,10-11,15-18H2,1-3H3,(H,31,36).